The van der Waals surface area contributed by atoms with Gasteiger partial charge < -0.3 is 35.4 Å². The molecule has 26 nitrogen and oxygen atoms in total. The van der Waals surface area contributed by atoms with E-state index in [2.05, 4.69) is 188 Å². The highest BCUT2D eigenvalue weighted by atomic mass is 127. The third-order valence-corrected chi connectivity index (χ3v) is 24.8. The summed E-state index contributed by atoms with van der Waals surface area (Å²) in [7, 11) is 0.554. The Morgan fingerprint density at radius 1 is 0.546 bits per heavy atom. The Morgan fingerprint density at radius 3 is 1.16 bits per heavy atom. The number of aliphatic carboxylic acids is 1. The Morgan fingerprint density at radius 2 is 0.900 bits per heavy atom. The van der Waals surface area contributed by atoms with Gasteiger partial charge in [0.05, 0.1) is 73.8 Å². The molecule has 5 aromatic carbocycles. The number of aryl methyl sites for hydroxylation is 5. The van der Waals surface area contributed by atoms with Gasteiger partial charge in [0.1, 0.15) is 17.2 Å². The van der Waals surface area contributed by atoms with Crippen molar-refractivity contribution in [2.75, 3.05) is 4.86 Å². The molecule has 32 heteroatoms. The highest BCUT2D eigenvalue weighted by Gasteiger charge is 2.48. The first-order valence-electron chi connectivity index (χ1n) is 49.9. The summed E-state index contributed by atoms with van der Waals surface area (Å²) >= 11 is 6.41. The molecule has 0 amide bonds. The average Bonchev–Trinajstić information content (AvgIpc) is 1.44. The number of fused-ring (bicyclic) bond motifs is 2. The number of nitrogens with zero attached hydrogens (tertiary/aromatic N) is 6. The molecule has 6 aliphatic rings. The zero-order valence-electron chi connectivity index (χ0n) is 93.5. The minimum Gasteiger partial charge on any atom is -0.507 e. The fourth-order valence-electron chi connectivity index (χ4n) is 12.8. The minimum atomic E-state index is -4.19. The topological polar surface area (TPSA) is 379 Å². The standard InChI is InChI=1S/C20H30O2.C19H28O2.C17H19N5O4S.C15H24O.C13H11ClN4O4S.C5H8O2.C4H5ClO.C4H9N.CH3I.ClH/c1-13-11-14(18(2,3)4)16(15(12-13)19(5,6)7)22-17(21)20(8)9-10-20;1-12-10-14(18(2,3)4)16(15(11-12)19(5,6)7)21-17(20)13-8-9-13;1-17(5-6-17)20-27(25,26)12-3-4-14-13(7-12)15(23)22(16(24)19-14)10-11-8-18-21(2)9-11;1-10-8-11(14(2,3)4)13(16)12(9-10)15(5,6)7;1-17-6-8(5-15-17)7-18-12(19)10-4-9(23(14,21)22)2-3-11(10)16-13(18)20;1-5(2-3-5)4(6)7;5-4(6)3-1-2-3;1-4(5)2-3-4;1-2;/h11-12H,9-10H2,1-8H3;10-11,13H,8-9H2,1-7H3;3-4,7-9,20H,5-6,10H2,1-2H3,(H,19,24);8-9,16H,1-7H3;2-6H,7H2,1H3,(H,16,20);2-3H2,1H3,(H,6,7);3H,1-2H2;2-3,5H2,1H3;1H3;1H/i8D3;;1D3;;;1D3;;2*1D3;. The number of carboxylic acids is 1. The molecule has 0 atom stereocenters. The first-order chi connectivity index (χ1) is 65.0. The number of carboxylic acid groups (broad SMARTS) is 1. The van der Waals surface area contributed by atoms with Gasteiger partial charge >= 0.3 is 29.3 Å². The number of benzene rings is 5. The number of aromatic nitrogens is 8. The number of aromatic hydroxyl groups is 1. The second-order valence-electron chi connectivity index (χ2n) is 40.6. The van der Waals surface area contributed by atoms with E-state index in [0.29, 0.717) is 61.2 Å². The van der Waals surface area contributed by atoms with Gasteiger partial charge in [-0.15, -0.1) is 12.4 Å². The van der Waals surface area contributed by atoms with Crippen molar-refractivity contribution in [1.29, 1.82) is 0 Å². The van der Waals surface area contributed by atoms with Crippen LogP contribution in [0.25, 0.3) is 21.8 Å². The van der Waals surface area contributed by atoms with Crippen LogP contribution in [0.1, 0.15) is 311 Å². The molecule has 0 radical (unpaired) electrons. The van der Waals surface area contributed by atoms with Gasteiger partial charge in [0, 0.05) is 108 Å². The Kier molecular flexibility index (Phi) is 28.6. The molecule has 9 aromatic rings. The lowest BCUT2D eigenvalue weighted by atomic mass is 9.78. The maximum absolute atomic E-state index is 12.9. The molecule has 716 valence electrons. The van der Waals surface area contributed by atoms with Crippen molar-refractivity contribution >= 4 is 121 Å². The Labute approximate surface area is 817 Å². The Hall–Kier alpha value is -8.30. The number of hydrogen-bond donors (Lipinski definition) is 6. The Balaban J connectivity index is 0.000000260. The SMILES string of the molecule is Cc1cc(C(C)(C)C)c(O)c(C(C)(C)C)c1.Cc1cc(C(C)(C)C)c(OC(=O)C2CC2)c(C(C)(C)C)c1.Cl.Cn1cc(Cn2c(=O)[nH]c3ccc(S(=O)(=O)Cl)cc3c2=O)cn1.O=C(Cl)C1CC1.[2H]C([2H])([2H])C1(C(=O)O)CC1.[2H]C([2H])([2H])C1(C(=O)Oc2c(C(C)(C)C)cc(C)cc2C(C)(C)C)CC1.[2H]C([2H])([2H])C1(N)CC1.[2H]C([2H])([2H])C1(NS(=O)(=O)c2ccc3[nH]c(=O)n(Cc4cnn(C)c4)c(=O)c3c2)CC1.[2H]C([2H])([2H])I. The van der Waals surface area contributed by atoms with Crippen LogP contribution in [0.3, 0.4) is 0 Å². The van der Waals surface area contributed by atoms with Crippen LogP contribution in [0.4, 0.5) is 0 Å². The van der Waals surface area contributed by atoms with Gasteiger partial charge in [-0.25, -0.2) is 31.1 Å². The number of hydrogen-bond acceptors (Lipinski definition) is 18. The molecular formula is C98H138Cl3IN10O16S2. The zero-order valence-corrected chi connectivity index (χ0v) is 84.6. The van der Waals surface area contributed by atoms with Crippen molar-refractivity contribution in [2.45, 2.75) is 316 Å². The summed E-state index contributed by atoms with van der Waals surface area (Å²) in [5, 5.41) is 26.7. The van der Waals surface area contributed by atoms with E-state index in [4.69, 9.17) is 63.2 Å². The third kappa shape index (κ3) is 31.4. The van der Waals surface area contributed by atoms with Gasteiger partial charge in [0.15, 0.2) is 0 Å². The number of H-pyrrole nitrogens is 2. The van der Waals surface area contributed by atoms with Gasteiger partial charge in [-0.1, -0.05) is 200 Å². The zero-order chi connectivity index (χ0) is 110. The van der Waals surface area contributed by atoms with Crippen LogP contribution in [-0.4, -0.2) is 105 Å². The smallest absolute Gasteiger partial charge is 0.329 e. The fourth-order valence-corrected chi connectivity index (χ4v) is 15.2. The van der Waals surface area contributed by atoms with Crippen LogP contribution >= 0.6 is 57.3 Å². The second-order valence-corrected chi connectivity index (χ2v) is 45.2. The summed E-state index contributed by atoms with van der Waals surface area (Å²) in [4.78, 5) is 98.1. The van der Waals surface area contributed by atoms with Gasteiger partial charge in [0.25, 0.3) is 20.2 Å². The number of sulfonamides is 1. The molecule has 6 aliphatic carbocycles. The first-order valence-corrected chi connectivity index (χ1v) is 47.7. The second kappa shape index (κ2) is 42.1. The molecule has 4 heterocycles. The molecule has 130 heavy (non-hydrogen) atoms. The molecule has 0 spiro atoms. The predicted molar refractivity (Wildman–Crippen MR) is 530 cm³/mol. The molecular weight excluding hydrogens is 1870 g/mol. The quantitative estimate of drug-likeness (QED) is 0.0194. The van der Waals surface area contributed by atoms with Crippen molar-refractivity contribution in [2.24, 2.45) is 42.5 Å². The highest BCUT2D eigenvalue weighted by Crippen LogP contribution is 2.50. The number of nitrogens with two attached hydrogens (primary N) is 1. The van der Waals surface area contributed by atoms with Crippen molar-refractivity contribution in [3.05, 3.63) is 200 Å². The summed E-state index contributed by atoms with van der Waals surface area (Å²) in [6.45, 7) is 35.4. The summed E-state index contributed by atoms with van der Waals surface area (Å²) < 4.78 is 173. The van der Waals surface area contributed by atoms with Gasteiger partial charge in [-0.2, -0.15) is 10.2 Å². The first kappa shape index (κ1) is 88.3. The number of carbonyl (C=O) groups is 4. The summed E-state index contributed by atoms with van der Waals surface area (Å²) in [5.41, 5.74) is 8.73. The summed E-state index contributed by atoms with van der Waals surface area (Å²) in [5.74, 6) is 0.266. The third-order valence-electron chi connectivity index (χ3n) is 21.6. The minimum absolute atomic E-state index is 0. The maximum atomic E-state index is 12.9. The van der Waals surface area contributed by atoms with E-state index in [-0.39, 0.29) is 125 Å². The monoisotopic (exact) mass is 2020 g/mol. The normalized spacial score (nSPS) is 18.2. The number of ether oxygens (including phenoxy) is 2. The van der Waals surface area contributed by atoms with Crippen LogP contribution in [0.5, 0.6) is 17.2 Å². The molecule has 6 saturated carbocycles. The molecule has 0 unspecified atom stereocenters. The van der Waals surface area contributed by atoms with Crippen LogP contribution < -0.4 is 42.4 Å². The summed E-state index contributed by atoms with van der Waals surface area (Å²) in [6, 6.07) is 20.0. The fraction of sp³-hybridized carbons (Fsp3) is 0.551. The molecule has 6 fully saturated rings. The molecule has 15 rings (SSSR count). The largest absolute Gasteiger partial charge is 0.507 e. The number of nitrogens with one attached hydrogen (secondary N) is 3. The van der Waals surface area contributed by atoms with Gasteiger partial charge in [-0.05, 0) is 222 Å². The molecule has 7 N–H and O–H groups in total. The average molecular weight is 2020 g/mol. The van der Waals surface area contributed by atoms with Crippen LogP contribution in [-0.2, 0) is 97.9 Å². The number of halogens is 4. The summed E-state index contributed by atoms with van der Waals surface area (Å²) in [6.07, 6.45) is 13.4. The number of carbonyl (C=O) groups excluding carboxylic acids is 3. The van der Waals surface area contributed by atoms with E-state index in [0.717, 1.165) is 91.6 Å². The van der Waals surface area contributed by atoms with Crippen molar-refractivity contribution in [3.63, 3.8) is 0 Å². The number of aromatic amines is 2. The lowest BCUT2D eigenvalue weighted by Gasteiger charge is -2.30. The molecule has 4 aromatic heterocycles. The van der Waals surface area contributed by atoms with Crippen molar-refractivity contribution in [1.82, 2.24) is 43.4 Å². The number of alkyl halides is 1. The molecule has 0 bridgehead atoms. The molecule has 0 aliphatic heterocycles. The van der Waals surface area contributed by atoms with E-state index in [1.807, 2.05) is 19.1 Å². The number of esters is 2. The van der Waals surface area contributed by atoms with E-state index >= 15 is 0 Å². The van der Waals surface area contributed by atoms with Crippen LogP contribution in [0.2, 0.25) is 0 Å². The lowest BCUT2D eigenvalue weighted by Crippen LogP contribution is -2.36. The van der Waals surface area contributed by atoms with Crippen LogP contribution in [0, 0.1) is 43.4 Å². The van der Waals surface area contributed by atoms with E-state index < -0.39 is 108 Å². The van der Waals surface area contributed by atoms with E-state index in [1.54, 1.807) is 31.2 Å². The highest BCUT2D eigenvalue weighted by molar-refractivity contribution is 14.1. The lowest BCUT2D eigenvalue weighted by molar-refractivity contribution is -0.142. The Bertz CT molecular complexity index is 6630. The number of phenols is 1. The van der Waals surface area contributed by atoms with Crippen molar-refractivity contribution < 1.29 is 76.3 Å². The van der Waals surface area contributed by atoms with Crippen LogP contribution in [0.15, 0.2) is 127 Å². The number of rotatable bonds is 14. The predicted octanol–water partition coefficient (Wildman–Crippen LogP) is 19.2. The number of phenolic OH excluding ortho intramolecular Hbond substituents is 1. The van der Waals surface area contributed by atoms with Crippen molar-refractivity contribution in [3.8, 4) is 17.2 Å². The van der Waals surface area contributed by atoms with E-state index in [1.165, 1.54) is 75.1 Å². The molecule has 0 saturated heterocycles. The van der Waals surface area contributed by atoms with E-state index in [9.17, 15) is 60.3 Å². The maximum Gasteiger partial charge on any atom is 0.329 e. The van der Waals surface area contributed by atoms with Gasteiger partial charge in [-0.3, -0.25) is 47.3 Å². The van der Waals surface area contributed by atoms with Gasteiger partial charge in [0.2, 0.25) is 15.3 Å².